The van der Waals surface area contributed by atoms with E-state index in [-0.39, 0.29) is 0 Å². The van der Waals surface area contributed by atoms with Gasteiger partial charge in [-0.25, -0.2) is 4.98 Å². The molecule has 0 bridgehead atoms. The third kappa shape index (κ3) is 1.95. The molecule has 0 aliphatic rings. The van der Waals surface area contributed by atoms with E-state index in [4.69, 9.17) is 5.73 Å². The number of hydrogen-bond donors (Lipinski definition) is 1. The zero-order valence-electron chi connectivity index (χ0n) is 8.77. The van der Waals surface area contributed by atoms with Crippen molar-refractivity contribution in [2.24, 2.45) is 5.73 Å². The van der Waals surface area contributed by atoms with Crippen LogP contribution in [0.25, 0.3) is 5.78 Å². The van der Waals surface area contributed by atoms with Crippen LogP contribution in [0, 0.1) is 13.8 Å². The monoisotopic (exact) mass is 223 g/mol. The Kier molecular flexibility index (Phi) is 2.88. The first-order valence-corrected chi connectivity index (χ1v) is 5.73. The van der Waals surface area contributed by atoms with Gasteiger partial charge in [0.2, 0.25) is 0 Å². The summed E-state index contributed by atoms with van der Waals surface area (Å²) in [5, 5.41) is 8.99. The molecular weight excluding hydrogens is 210 g/mol. The van der Waals surface area contributed by atoms with E-state index in [2.05, 4.69) is 15.2 Å². The Hall–Kier alpha value is -1.14. The third-order valence-corrected chi connectivity index (χ3v) is 2.97. The van der Waals surface area contributed by atoms with Gasteiger partial charge in [-0.05, 0) is 19.9 Å². The molecule has 6 heteroatoms. The molecule has 0 amide bonds. The Labute approximate surface area is 92.1 Å². The molecule has 2 N–H and O–H groups in total. The predicted octanol–water partition coefficient (Wildman–Crippen LogP) is 0.792. The first kappa shape index (κ1) is 10.4. The SMILES string of the molecule is Cc1cc(C)n2c(SCCN)nnc2n1. The smallest absolute Gasteiger partial charge is 0.256 e. The number of fused-ring (bicyclic) bond motifs is 1. The summed E-state index contributed by atoms with van der Waals surface area (Å²) in [4.78, 5) is 4.31. The molecule has 0 unspecified atom stereocenters. The lowest BCUT2D eigenvalue weighted by atomic mass is 10.3. The van der Waals surface area contributed by atoms with Crippen molar-refractivity contribution in [1.29, 1.82) is 0 Å². The molecule has 0 aliphatic heterocycles. The Balaban J connectivity index is 2.49. The highest BCUT2D eigenvalue weighted by atomic mass is 32.2. The molecule has 0 radical (unpaired) electrons. The maximum Gasteiger partial charge on any atom is 0.256 e. The first-order valence-electron chi connectivity index (χ1n) is 4.74. The quantitative estimate of drug-likeness (QED) is 0.779. The van der Waals surface area contributed by atoms with E-state index in [1.165, 1.54) is 0 Å². The molecule has 2 heterocycles. The Morgan fingerprint density at radius 1 is 1.40 bits per heavy atom. The lowest BCUT2D eigenvalue weighted by Gasteiger charge is -2.02. The molecule has 2 aromatic rings. The zero-order chi connectivity index (χ0) is 10.8. The van der Waals surface area contributed by atoms with Gasteiger partial charge >= 0.3 is 0 Å². The molecule has 2 aromatic heterocycles. The van der Waals surface area contributed by atoms with Crippen molar-refractivity contribution in [3.05, 3.63) is 17.5 Å². The van der Waals surface area contributed by atoms with E-state index in [1.54, 1.807) is 11.8 Å². The number of aryl methyl sites for hydroxylation is 2. The van der Waals surface area contributed by atoms with Crippen molar-refractivity contribution in [2.45, 2.75) is 19.0 Å². The van der Waals surface area contributed by atoms with Gasteiger partial charge in [0, 0.05) is 23.7 Å². The number of thioether (sulfide) groups is 1. The average molecular weight is 223 g/mol. The fraction of sp³-hybridized carbons (Fsp3) is 0.444. The van der Waals surface area contributed by atoms with Crippen LogP contribution in [0.3, 0.4) is 0 Å². The van der Waals surface area contributed by atoms with Gasteiger partial charge in [0.1, 0.15) is 0 Å². The summed E-state index contributed by atoms with van der Waals surface area (Å²) in [7, 11) is 0. The average Bonchev–Trinajstić information content (AvgIpc) is 2.58. The van der Waals surface area contributed by atoms with Gasteiger partial charge in [-0.15, -0.1) is 10.2 Å². The summed E-state index contributed by atoms with van der Waals surface area (Å²) in [6.07, 6.45) is 0. The van der Waals surface area contributed by atoms with Crippen molar-refractivity contribution in [2.75, 3.05) is 12.3 Å². The Bertz CT molecular complexity index is 479. The number of nitrogens with zero attached hydrogens (tertiary/aromatic N) is 4. The lowest BCUT2D eigenvalue weighted by Crippen LogP contribution is -2.03. The van der Waals surface area contributed by atoms with E-state index in [1.807, 2.05) is 24.3 Å². The number of nitrogens with two attached hydrogens (primary N) is 1. The molecule has 0 aromatic carbocycles. The Morgan fingerprint density at radius 2 is 2.20 bits per heavy atom. The molecule has 0 saturated heterocycles. The van der Waals surface area contributed by atoms with Crippen molar-refractivity contribution in [1.82, 2.24) is 19.6 Å². The molecule has 0 aliphatic carbocycles. The van der Waals surface area contributed by atoms with Crippen LogP contribution in [0.5, 0.6) is 0 Å². The van der Waals surface area contributed by atoms with Crippen molar-refractivity contribution in [3.63, 3.8) is 0 Å². The molecule has 0 spiro atoms. The minimum absolute atomic E-state index is 0.637. The number of rotatable bonds is 3. The van der Waals surface area contributed by atoms with E-state index in [0.29, 0.717) is 12.3 Å². The van der Waals surface area contributed by atoms with Crippen LogP contribution in [-0.2, 0) is 0 Å². The molecule has 15 heavy (non-hydrogen) atoms. The summed E-state index contributed by atoms with van der Waals surface area (Å²) < 4.78 is 1.95. The largest absolute Gasteiger partial charge is 0.330 e. The van der Waals surface area contributed by atoms with Gasteiger partial charge in [-0.2, -0.15) is 0 Å². The second-order valence-electron chi connectivity index (χ2n) is 3.29. The van der Waals surface area contributed by atoms with Crippen LogP contribution in [0.2, 0.25) is 0 Å². The van der Waals surface area contributed by atoms with Crippen molar-refractivity contribution >= 4 is 17.5 Å². The number of aromatic nitrogens is 4. The second-order valence-corrected chi connectivity index (χ2v) is 4.36. The maximum atomic E-state index is 5.46. The summed E-state index contributed by atoms with van der Waals surface area (Å²) in [6.45, 7) is 4.61. The highest BCUT2D eigenvalue weighted by Crippen LogP contribution is 2.17. The Morgan fingerprint density at radius 3 is 2.93 bits per heavy atom. The van der Waals surface area contributed by atoms with Gasteiger partial charge in [-0.3, -0.25) is 4.40 Å². The van der Waals surface area contributed by atoms with Gasteiger partial charge in [0.15, 0.2) is 5.16 Å². The van der Waals surface area contributed by atoms with E-state index < -0.39 is 0 Å². The topological polar surface area (TPSA) is 69.1 Å². The summed E-state index contributed by atoms with van der Waals surface area (Å²) >= 11 is 1.60. The highest BCUT2D eigenvalue weighted by Gasteiger charge is 2.09. The van der Waals surface area contributed by atoms with Crippen LogP contribution < -0.4 is 5.73 Å². The standard InChI is InChI=1S/C9H13N5S/c1-6-5-7(2)14-8(11-6)12-13-9(14)15-4-3-10/h5H,3-4,10H2,1-2H3. The molecule has 0 fully saturated rings. The summed E-state index contributed by atoms with van der Waals surface area (Å²) in [5.41, 5.74) is 7.52. The van der Waals surface area contributed by atoms with Gasteiger partial charge in [0.25, 0.3) is 5.78 Å². The zero-order valence-corrected chi connectivity index (χ0v) is 9.58. The van der Waals surface area contributed by atoms with Crippen molar-refractivity contribution in [3.8, 4) is 0 Å². The van der Waals surface area contributed by atoms with Crippen LogP contribution in [-0.4, -0.2) is 31.9 Å². The fourth-order valence-corrected chi connectivity index (χ4v) is 2.20. The van der Waals surface area contributed by atoms with Gasteiger partial charge < -0.3 is 5.73 Å². The van der Waals surface area contributed by atoms with Crippen molar-refractivity contribution < 1.29 is 0 Å². The minimum Gasteiger partial charge on any atom is -0.330 e. The summed E-state index contributed by atoms with van der Waals surface area (Å²) in [5.74, 6) is 1.50. The highest BCUT2D eigenvalue weighted by molar-refractivity contribution is 7.99. The molecule has 5 nitrogen and oxygen atoms in total. The van der Waals surface area contributed by atoms with Crippen LogP contribution >= 0.6 is 11.8 Å². The maximum absolute atomic E-state index is 5.46. The van der Waals surface area contributed by atoms with E-state index in [9.17, 15) is 0 Å². The third-order valence-electron chi connectivity index (χ3n) is 2.01. The number of hydrogen-bond acceptors (Lipinski definition) is 5. The predicted molar refractivity (Wildman–Crippen MR) is 60.0 cm³/mol. The van der Waals surface area contributed by atoms with E-state index >= 15 is 0 Å². The first-order chi connectivity index (χ1) is 7.22. The van der Waals surface area contributed by atoms with E-state index in [0.717, 1.165) is 22.3 Å². The second kappa shape index (κ2) is 4.16. The van der Waals surface area contributed by atoms with Gasteiger partial charge in [0.05, 0.1) is 0 Å². The molecular formula is C9H13N5S. The van der Waals surface area contributed by atoms with Gasteiger partial charge in [-0.1, -0.05) is 11.8 Å². The minimum atomic E-state index is 0.637. The molecule has 80 valence electrons. The summed E-state index contributed by atoms with van der Waals surface area (Å²) in [6, 6.07) is 2.02. The van der Waals surface area contributed by atoms with Crippen LogP contribution in [0.15, 0.2) is 11.2 Å². The van der Waals surface area contributed by atoms with Crippen LogP contribution in [0.4, 0.5) is 0 Å². The normalized spacial score (nSPS) is 11.1. The van der Waals surface area contributed by atoms with Crippen LogP contribution in [0.1, 0.15) is 11.4 Å². The lowest BCUT2D eigenvalue weighted by molar-refractivity contribution is 0.885. The molecule has 0 saturated carbocycles. The molecule has 0 atom stereocenters. The molecule has 2 rings (SSSR count). The fourth-order valence-electron chi connectivity index (χ4n) is 1.44.